The maximum Gasteiger partial charge on any atom is 0.131 e. The monoisotopic (exact) mass is 270 g/mol. The van der Waals surface area contributed by atoms with E-state index in [1.807, 2.05) is 71.0 Å². The van der Waals surface area contributed by atoms with Crippen molar-refractivity contribution in [1.82, 2.24) is 0 Å². The fraction of sp³-hybridized carbons (Fsp3) is 0.263. The Morgan fingerprint density at radius 3 is 2.20 bits per heavy atom. The summed E-state index contributed by atoms with van der Waals surface area (Å²) < 4.78 is 0. The van der Waals surface area contributed by atoms with Crippen molar-refractivity contribution in [3.63, 3.8) is 0 Å². The third-order valence-corrected chi connectivity index (χ3v) is 2.64. The van der Waals surface area contributed by atoms with E-state index in [0.717, 1.165) is 21.9 Å². The third kappa shape index (κ3) is 3.99. The first-order chi connectivity index (χ1) is 9.77. The SMILES string of the molecule is C=Cc1c(/C=C\C)cc2ccccc2c1O.CC.CC. The summed E-state index contributed by atoms with van der Waals surface area (Å²) in [6, 6.07) is 9.86. The predicted molar refractivity (Wildman–Crippen MR) is 93.1 cm³/mol. The molecule has 0 unspecified atom stereocenters. The highest BCUT2D eigenvalue weighted by molar-refractivity contribution is 5.94. The number of hydrogen-bond donors (Lipinski definition) is 1. The van der Waals surface area contributed by atoms with E-state index in [2.05, 4.69) is 12.6 Å². The number of aromatic hydroxyl groups is 1. The molecule has 2 aromatic carbocycles. The van der Waals surface area contributed by atoms with Crippen molar-refractivity contribution in [3.05, 3.63) is 54.1 Å². The molecule has 0 fully saturated rings. The molecule has 1 heteroatoms. The summed E-state index contributed by atoms with van der Waals surface area (Å²) in [7, 11) is 0. The molecule has 0 saturated carbocycles. The van der Waals surface area contributed by atoms with Crippen molar-refractivity contribution in [2.24, 2.45) is 0 Å². The Kier molecular flexibility index (Phi) is 8.86. The van der Waals surface area contributed by atoms with Gasteiger partial charge in [0.05, 0.1) is 0 Å². The van der Waals surface area contributed by atoms with E-state index in [1.54, 1.807) is 6.08 Å². The zero-order valence-corrected chi connectivity index (χ0v) is 13.3. The normalized spacial score (nSPS) is 9.45. The minimum Gasteiger partial charge on any atom is -0.507 e. The van der Waals surface area contributed by atoms with Crippen LogP contribution in [0.4, 0.5) is 0 Å². The first-order valence-electron chi connectivity index (χ1n) is 7.27. The highest BCUT2D eigenvalue weighted by atomic mass is 16.3. The van der Waals surface area contributed by atoms with Crippen molar-refractivity contribution < 1.29 is 5.11 Å². The smallest absolute Gasteiger partial charge is 0.131 e. The van der Waals surface area contributed by atoms with Crippen LogP contribution in [0.1, 0.15) is 45.7 Å². The molecule has 0 aliphatic heterocycles. The number of allylic oxidation sites excluding steroid dienone is 1. The third-order valence-electron chi connectivity index (χ3n) is 2.64. The summed E-state index contributed by atoms with van der Waals surface area (Å²) in [5, 5.41) is 12.1. The van der Waals surface area contributed by atoms with Crippen LogP contribution in [0, 0.1) is 0 Å². The van der Waals surface area contributed by atoms with Crippen LogP contribution >= 0.6 is 0 Å². The molecule has 0 heterocycles. The van der Waals surface area contributed by atoms with E-state index in [-0.39, 0.29) is 0 Å². The van der Waals surface area contributed by atoms with Gasteiger partial charge >= 0.3 is 0 Å². The number of hydrogen-bond acceptors (Lipinski definition) is 1. The van der Waals surface area contributed by atoms with E-state index in [4.69, 9.17) is 0 Å². The van der Waals surface area contributed by atoms with Crippen molar-refractivity contribution in [2.45, 2.75) is 34.6 Å². The first-order valence-corrected chi connectivity index (χ1v) is 7.27. The molecule has 0 bridgehead atoms. The Bertz CT molecular complexity index is 565. The quantitative estimate of drug-likeness (QED) is 0.681. The average molecular weight is 270 g/mol. The predicted octanol–water partition coefficient (Wildman–Crippen LogP) is 6.27. The van der Waals surface area contributed by atoms with Crippen LogP contribution < -0.4 is 0 Å². The maximum absolute atomic E-state index is 10.2. The summed E-state index contributed by atoms with van der Waals surface area (Å²) in [5.74, 6) is 0.307. The Morgan fingerprint density at radius 1 is 1.05 bits per heavy atom. The lowest BCUT2D eigenvalue weighted by molar-refractivity contribution is 0.480. The van der Waals surface area contributed by atoms with Crippen LogP contribution in [0.25, 0.3) is 22.9 Å². The van der Waals surface area contributed by atoms with Gasteiger partial charge in [-0.2, -0.15) is 0 Å². The van der Waals surface area contributed by atoms with Crippen LogP contribution in [-0.4, -0.2) is 5.11 Å². The standard InChI is InChI=1S/C15H14O.2C2H6/c1-3-7-11-10-12-8-5-6-9-14(12)15(16)13(11)4-2;2*1-2/h3-10,16H,2H2,1H3;2*1-2H3/b7-3-;;. The molecule has 0 aromatic heterocycles. The van der Waals surface area contributed by atoms with Crippen LogP contribution in [0.3, 0.4) is 0 Å². The molecule has 0 atom stereocenters. The van der Waals surface area contributed by atoms with Crippen LogP contribution in [0.15, 0.2) is 43.0 Å². The fourth-order valence-electron chi connectivity index (χ4n) is 1.90. The molecule has 20 heavy (non-hydrogen) atoms. The molecule has 1 N–H and O–H groups in total. The highest BCUT2D eigenvalue weighted by Gasteiger charge is 2.07. The second-order valence-corrected chi connectivity index (χ2v) is 3.65. The summed E-state index contributed by atoms with van der Waals surface area (Å²) >= 11 is 0. The molecule has 0 radical (unpaired) electrons. The zero-order chi connectivity index (χ0) is 15.5. The second kappa shape index (κ2) is 9.85. The Labute approximate surface area is 123 Å². The molecule has 0 amide bonds. The van der Waals surface area contributed by atoms with Gasteiger partial charge in [0.15, 0.2) is 0 Å². The van der Waals surface area contributed by atoms with Crippen LogP contribution in [-0.2, 0) is 0 Å². The van der Waals surface area contributed by atoms with Gasteiger partial charge in [0.2, 0.25) is 0 Å². The number of fused-ring (bicyclic) bond motifs is 1. The van der Waals surface area contributed by atoms with Crippen molar-refractivity contribution in [3.8, 4) is 5.75 Å². The summed E-state index contributed by atoms with van der Waals surface area (Å²) in [5.41, 5.74) is 1.78. The Hall–Kier alpha value is -2.02. The second-order valence-electron chi connectivity index (χ2n) is 3.65. The number of rotatable bonds is 2. The van der Waals surface area contributed by atoms with E-state index in [1.165, 1.54) is 0 Å². The van der Waals surface area contributed by atoms with E-state index >= 15 is 0 Å². The molecule has 108 valence electrons. The van der Waals surface area contributed by atoms with Crippen LogP contribution in [0.5, 0.6) is 5.75 Å². The molecular weight excluding hydrogens is 244 g/mol. The number of phenolic OH excluding ortho intramolecular Hbond substituents is 1. The van der Waals surface area contributed by atoms with E-state index < -0.39 is 0 Å². The van der Waals surface area contributed by atoms with Gasteiger partial charge in [0.25, 0.3) is 0 Å². The van der Waals surface area contributed by atoms with Crippen molar-refractivity contribution in [1.29, 1.82) is 0 Å². The summed E-state index contributed by atoms with van der Waals surface area (Å²) in [6.07, 6.45) is 5.62. The van der Waals surface area contributed by atoms with Crippen molar-refractivity contribution >= 4 is 22.9 Å². The average Bonchev–Trinajstić information content (AvgIpc) is 2.52. The molecule has 2 aromatic rings. The molecule has 0 aliphatic carbocycles. The first kappa shape index (κ1) is 18.0. The minimum atomic E-state index is 0.307. The van der Waals surface area contributed by atoms with Crippen molar-refractivity contribution in [2.75, 3.05) is 0 Å². The van der Waals surface area contributed by atoms with Gasteiger partial charge in [-0.25, -0.2) is 0 Å². The summed E-state index contributed by atoms with van der Waals surface area (Å²) in [6.45, 7) is 13.7. The molecule has 2 rings (SSSR count). The van der Waals surface area contributed by atoms with Gasteiger partial charge < -0.3 is 5.11 Å². The van der Waals surface area contributed by atoms with Gasteiger partial charge in [-0.15, -0.1) is 0 Å². The van der Waals surface area contributed by atoms with Crippen LogP contribution in [0.2, 0.25) is 0 Å². The van der Waals surface area contributed by atoms with E-state index in [9.17, 15) is 5.11 Å². The Balaban J connectivity index is 0.000000829. The van der Waals surface area contributed by atoms with Gasteiger partial charge in [-0.3, -0.25) is 0 Å². The van der Waals surface area contributed by atoms with Gasteiger partial charge in [-0.1, -0.05) is 76.8 Å². The lowest BCUT2D eigenvalue weighted by Crippen LogP contribution is -1.84. The zero-order valence-electron chi connectivity index (χ0n) is 13.3. The van der Waals surface area contributed by atoms with Gasteiger partial charge in [0, 0.05) is 10.9 Å². The topological polar surface area (TPSA) is 20.2 Å². The van der Waals surface area contributed by atoms with Gasteiger partial charge in [-0.05, 0) is 23.9 Å². The lowest BCUT2D eigenvalue weighted by atomic mass is 9.99. The summed E-state index contributed by atoms with van der Waals surface area (Å²) in [4.78, 5) is 0. The maximum atomic E-state index is 10.2. The molecule has 0 aliphatic rings. The Morgan fingerprint density at radius 2 is 1.65 bits per heavy atom. The van der Waals surface area contributed by atoms with E-state index in [0.29, 0.717) is 5.75 Å². The molecule has 0 saturated heterocycles. The number of phenols is 1. The minimum absolute atomic E-state index is 0.307. The fourth-order valence-corrected chi connectivity index (χ4v) is 1.90. The molecule has 1 nitrogen and oxygen atoms in total. The highest BCUT2D eigenvalue weighted by Crippen LogP contribution is 2.33. The number of benzene rings is 2. The molecule has 0 spiro atoms. The van der Waals surface area contributed by atoms with Gasteiger partial charge in [0.1, 0.15) is 5.75 Å². The lowest BCUT2D eigenvalue weighted by Gasteiger charge is -2.08. The largest absolute Gasteiger partial charge is 0.507 e. The molecular formula is C19H26O.